The fourth-order valence-electron chi connectivity index (χ4n) is 3.08. The van der Waals surface area contributed by atoms with Crippen molar-refractivity contribution in [2.75, 3.05) is 11.4 Å². The summed E-state index contributed by atoms with van der Waals surface area (Å²) in [5.74, 6) is 0.0723. The molecule has 1 aliphatic rings. The van der Waals surface area contributed by atoms with Gasteiger partial charge in [0.15, 0.2) is 0 Å². The number of hydrogen-bond acceptors (Lipinski definition) is 4. The second-order valence-electron chi connectivity index (χ2n) is 6.28. The highest BCUT2D eigenvalue weighted by atomic mass is 19.4. The lowest BCUT2D eigenvalue weighted by molar-refractivity contribution is -0.137. The molecule has 1 aromatic heterocycles. The maximum absolute atomic E-state index is 12.9. The lowest BCUT2D eigenvalue weighted by Crippen LogP contribution is -2.24. The maximum atomic E-state index is 12.9. The monoisotopic (exact) mass is 373 g/mol. The standard InChI is InChI=1S/C19H14F3N3O2/c20-19(21,22)14-7-4-8-15(10-14)25-11-13(9-16(25)26)18-23-17(24-27-18)12-5-2-1-3-6-12/h1-8,10,13H,9,11H2. The van der Waals surface area contributed by atoms with Gasteiger partial charge in [-0.15, -0.1) is 0 Å². The van der Waals surface area contributed by atoms with Crippen LogP contribution in [-0.2, 0) is 11.0 Å². The molecule has 1 aliphatic heterocycles. The molecule has 138 valence electrons. The average molecular weight is 373 g/mol. The summed E-state index contributed by atoms with van der Waals surface area (Å²) in [4.78, 5) is 18.0. The summed E-state index contributed by atoms with van der Waals surface area (Å²) in [6.07, 6.45) is -4.36. The lowest BCUT2D eigenvalue weighted by atomic mass is 10.1. The van der Waals surface area contributed by atoms with Crippen LogP contribution in [0.4, 0.5) is 18.9 Å². The zero-order valence-electron chi connectivity index (χ0n) is 14.0. The largest absolute Gasteiger partial charge is 0.416 e. The van der Waals surface area contributed by atoms with Crippen molar-refractivity contribution in [3.8, 4) is 11.4 Å². The first-order chi connectivity index (χ1) is 12.9. The van der Waals surface area contributed by atoms with Gasteiger partial charge in [0.05, 0.1) is 11.5 Å². The molecule has 2 aromatic carbocycles. The van der Waals surface area contributed by atoms with Crippen molar-refractivity contribution < 1.29 is 22.5 Å². The molecular weight excluding hydrogens is 359 g/mol. The van der Waals surface area contributed by atoms with Gasteiger partial charge in [0.1, 0.15) is 0 Å². The van der Waals surface area contributed by atoms with Gasteiger partial charge in [-0.25, -0.2) is 0 Å². The van der Waals surface area contributed by atoms with Crippen LogP contribution in [-0.4, -0.2) is 22.6 Å². The summed E-state index contributed by atoms with van der Waals surface area (Å²) in [6.45, 7) is 0.191. The molecule has 4 rings (SSSR count). The highest BCUT2D eigenvalue weighted by molar-refractivity contribution is 5.96. The number of amides is 1. The van der Waals surface area contributed by atoms with E-state index < -0.39 is 11.7 Å². The van der Waals surface area contributed by atoms with Crippen molar-refractivity contribution >= 4 is 11.6 Å². The van der Waals surface area contributed by atoms with Crippen LogP contribution in [0.15, 0.2) is 59.1 Å². The molecule has 1 amide bonds. The number of nitrogens with zero attached hydrogens (tertiary/aromatic N) is 3. The minimum absolute atomic E-state index is 0.104. The highest BCUT2D eigenvalue weighted by Crippen LogP contribution is 2.35. The SMILES string of the molecule is O=C1CC(c2nc(-c3ccccc3)no2)CN1c1cccc(C(F)(F)F)c1. The first-order valence-corrected chi connectivity index (χ1v) is 8.28. The predicted molar refractivity (Wildman–Crippen MR) is 90.9 cm³/mol. The quantitative estimate of drug-likeness (QED) is 0.688. The lowest BCUT2D eigenvalue weighted by Gasteiger charge is -2.17. The number of benzene rings is 2. The Hall–Kier alpha value is -3.16. The zero-order valence-corrected chi connectivity index (χ0v) is 14.0. The molecule has 1 unspecified atom stereocenters. The van der Waals surface area contributed by atoms with E-state index >= 15 is 0 Å². The molecule has 0 radical (unpaired) electrons. The fraction of sp³-hybridized carbons (Fsp3) is 0.211. The molecule has 3 aromatic rings. The second kappa shape index (κ2) is 6.53. The van der Waals surface area contributed by atoms with Crippen LogP contribution in [0.5, 0.6) is 0 Å². The summed E-state index contributed by atoms with van der Waals surface area (Å²) < 4.78 is 44.1. The van der Waals surface area contributed by atoms with E-state index in [1.165, 1.54) is 17.0 Å². The number of anilines is 1. The van der Waals surface area contributed by atoms with E-state index in [2.05, 4.69) is 10.1 Å². The number of alkyl halides is 3. The Kier molecular flexibility index (Phi) is 4.18. The van der Waals surface area contributed by atoms with Gasteiger partial charge in [0, 0.05) is 24.2 Å². The van der Waals surface area contributed by atoms with Gasteiger partial charge in [0.25, 0.3) is 0 Å². The molecule has 0 spiro atoms. The van der Waals surface area contributed by atoms with E-state index in [0.29, 0.717) is 11.7 Å². The Balaban J connectivity index is 1.56. The molecule has 1 atom stereocenters. The van der Waals surface area contributed by atoms with E-state index in [0.717, 1.165) is 17.7 Å². The molecule has 0 bridgehead atoms. The zero-order chi connectivity index (χ0) is 19.0. The summed E-state index contributed by atoms with van der Waals surface area (Å²) >= 11 is 0. The number of halogens is 3. The Morgan fingerprint density at radius 1 is 1.07 bits per heavy atom. The maximum Gasteiger partial charge on any atom is 0.416 e. The van der Waals surface area contributed by atoms with Gasteiger partial charge in [0.2, 0.25) is 17.6 Å². The van der Waals surface area contributed by atoms with Crippen molar-refractivity contribution in [3.05, 3.63) is 66.1 Å². The molecule has 27 heavy (non-hydrogen) atoms. The molecule has 0 N–H and O–H groups in total. The molecule has 0 aliphatic carbocycles. The number of carbonyl (C=O) groups excluding carboxylic acids is 1. The van der Waals surface area contributed by atoms with Crippen molar-refractivity contribution in [1.29, 1.82) is 0 Å². The Morgan fingerprint density at radius 2 is 1.85 bits per heavy atom. The Labute approximate surface area is 152 Å². The predicted octanol–water partition coefficient (Wildman–Crippen LogP) is 4.28. The van der Waals surface area contributed by atoms with Crippen LogP contribution >= 0.6 is 0 Å². The molecular formula is C19H14F3N3O2. The van der Waals surface area contributed by atoms with Crippen LogP contribution in [0.1, 0.15) is 23.8 Å². The van der Waals surface area contributed by atoms with Gasteiger partial charge in [-0.1, -0.05) is 41.6 Å². The number of aromatic nitrogens is 2. The average Bonchev–Trinajstić information content (AvgIpc) is 3.29. The Morgan fingerprint density at radius 3 is 2.59 bits per heavy atom. The number of hydrogen-bond donors (Lipinski definition) is 0. The van der Waals surface area contributed by atoms with Crippen molar-refractivity contribution in [3.63, 3.8) is 0 Å². The summed E-state index contributed by atoms with van der Waals surface area (Å²) in [7, 11) is 0. The van der Waals surface area contributed by atoms with E-state index in [-0.39, 0.29) is 30.5 Å². The van der Waals surface area contributed by atoms with Gasteiger partial charge >= 0.3 is 6.18 Å². The van der Waals surface area contributed by atoms with Crippen LogP contribution in [0, 0.1) is 0 Å². The summed E-state index contributed by atoms with van der Waals surface area (Å²) in [6, 6.07) is 14.0. The van der Waals surface area contributed by atoms with Crippen LogP contribution < -0.4 is 4.90 Å². The third-order valence-corrected chi connectivity index (χ3v) is 4.43. The second-order valence-corrected chi connectivity index (χ2v) is 6.28. The van der Waals surface area contributed by atoms with Gasteiger partial charge in [-0.2, -0.15) is 18.2 Å². The van der Waals surface area contributed by atoms with E-state index in [9.17, 15) is 18.0 Å². The first kappa shape index (κ1) is 17.3. The van der Waals surface area contributed by atoms with E-state index in [1.54, 1.807) is 0 Å². The van der Waals surface area contributed by atoms with Crippen molar-refractivity contribution in [2.24, 2.45) is 0 Å². The minimum Gasteiger partial charge on any atom is -0.339 e. The number of carbonyl (C=O) groups is 1. The Bertz CT molecular complexity index is 970. The van der Waals surface area contributed by atoms with Gasteiger partial charge in [-0.3, -0.25) is 4.79 Å². The van der Waals surface area contributed by atoms with Crippen molar-refractivity contribution in [2.45, 2.75) is 18.5 Å². The van der Waals surface area contributed by atoms with Crippen LogP contribution in [0.2, 0.25) is 0 Å². The first-order valence-electron chi connectivity index (χ1n) is 8.28. The third-order valence-electron chi connectivity index (χ3n) is 4.43. The van der Waals surface area contributed by atoms with Crippen LogP contribution in [0.3, 0.4) is 0 Å². The normalized spacial score (nSPS) is 17.5. The summed E-state index contributed by atoms with van der Waals surface area (Å²) in [5.41, 5.74) is 0.201. The van der Waals surface area contributed by atoms with Gasteiger partial charge < -0.3 is 9.42 Å². The topological polar surface area (TPSA) is 59.2 Å². The van der Waals surface area contributed by atoms with E-state index in [4.69, 9.17) is 4.52 Å². The molecule has 5 nitrogen and oxygen atoms in total. The molecule has 2 heterocycles. The number of rotatable bonds is 3. The highest BCUT2D eigenvalue weighted by Gasteiger charge is 2.37. The molecule has 1 fully saturated rings. The minimum atomic E-state index is -4.46. The van der Waals surface area contributed by atoms with Gasteiger partial charge in [-0.05, 0) is 18.2 Å². The van der Waals surface area contributed by atoms with Crippen LogP contribution in [0.25, 0.3) is 11.4 Å². The summed E-state index contributed by atoms with van der Waals surface area (Å²) in [5, 5.41) is 3.94. The molecule has 0 saturated carbocycles. The molecule has 8 heteroatoms. The smallest absolute Gasteiger partial charge is 0.339 e. The fourth-order valence-corrected chi connectivity index (χ4v) is 3.08. The van der Waals surface area contributed by atoms with E-state index in [1.807, 2.05) is 30.3 Å². The van der Waals surface area contributed by atoms with Crippen molar-refractivity contribution in [1.82, 2.24) is 10.1 Å². The third kappa shape index (κ3) is 3.42. The molecule has 1 saturated heterocycles.